The molecule has 6 heteroatoms. The van der Waals surface area contributed by atoms with E-state index in [-0.39, 0.29) is 11.4 Å². The minimum Gasteiger partial charge on any atom is -0.368 e. The average molecular weight is 375 g/mol. The number of piperazine rings is 1. The van der Waals surface area contributed by atoms with Crippen LogP contribution in [0.1, 0.15) is 33.6 Å². The Morgan fingerprint density at radius 1 is 1.19 bits per heavy atom. The van der Waals surface area contributed by atoms with Crippen LogP contribution in [0.2, 0.25) is 0 Å². The Balaban J connectivity index is 1.47. The van der Waals surface area contributed by atoms with Gasteiger partial charge in [-0.1, -0.05) is 18.2 Å². The number of amides is 1. The Bertz CT molecular complexity index is 640. The predicted octanol–water partition coefficient (Wildman–Crippen LogP) is 2.47. The number of rotatable bonds is 4. The second-order valence-electron chi connectivity index (χ2n) is 8.01. The van der Waals surface area contributed by atoms with Gasteiger partial charge in [0.2, 0.25) is 5.91 Å². The van der Waals surface area contributed by atoms with E-state index in [0.717, 1.165) is 37.7 Å². The van der Waals surface area contributed by atoms with Crippen molar-refractivity contribution < 1.29 is 4.79 Å². The van der Waals surface area contributed by atoms with Crippen LogP contribution in [0.15, 0.2) is 30.3 Å². The Morgan fingerprint density at radius 3 is 2.46 bits per heavy atom. The normalized spacial score (nSPS) is 23.0. The lowest BCUT2D eigenvalue weighted by Gasteiger charge is -2.45. The van der Waals surface area contributed by atoms with Gasteiger partial charge in [0.1, 0.15) is 0 Å². The van der Waals surface area contributed by atoms with Crippen molar-refractivity contribution in [1.29, 1.82) is 0 Å². The number of carbonyl (C=O) groups excluding carboxylic acids is 1. The molecule has 3 rings (SSSR count). The maximum absolute atomic E-state index is 12.6. The van der Waals surface area contributed by atoms with Crippen molar-refractivity contribution in [3.05, 3.63) is 30.3 Å². The van der Waals surface area contributed by atoms with Crippen LogP contribution in [0, 0.1) is 0 Å². The number of nitrogens with zero attached hydrogens (tertiary/aromatic N) is 3. The van der Waals surface area contributed by atoms with Gasteiger partial charge < -0.3 is 20.0 Å². The van der Waals surface area contributed by atoms with Crippen molar-refractivity contribution in [2.75, 3.05) is 37.6 Å². The van der Waals surface area contributed by atoms with E-state index in [2.05, 4.69) is 60.2 Å². The largest absolute Gasteiger partial charge is 0.368 e. The molecule has 2 fully saturated rings. The van der Waals surface area contributed by atoms with Crippen molar-refractivity contribution in [1.82, 2.24) is 15.1 Å². The molecule has 2 heterocycles. The van der Waals surface area contributed by atoms with E-state index in [1.807, 2.05) is 11.0 Å². The van der Waals surface area contributed by atoms with Gasteiger partial charge in [-0.05, 0) is 51.5 Å². The molecule has 1 aromatic carbocycles. The molecule has 2 saturated heterocycles. The van der Waals surface area contributed by atoms with Crippen molar-refractivity contribution in [3.63, 3.8) is 0 Å². The highest BCUT2D eigenvalue weighted by atomic mass is 32.1. The fraction of sp³-hybridized carbons (Fsp3) is 0.600. The lowest BCUT2D eigenvalue weighted by molar-refractivity contribution is -0.131. The minimum absolute atomic E-state index is 0.0325. The molecule has 2 aliphatic rings. The molecule has 2 aliphatic heterocycles. The molecular weight excluding hydrogens is 344 g/mol. The number of para-hydroxylation sites is 1. The average Bonchev–Trinajstić information content (AvgIpc) is 2.61. The zero-order chi connectivity index (χ0) is 18.7. The van der Waals surface area contributed by atoms with E-state index in [9.17, 15) is 4.79 Å². The summed E-state index contributed by atoms with van der Waals surface area (Å²) in [5.74, 6) is 0.234. The number of nitrogens with one attached hydrogen (secondary N) is 1. The van der Waals surface area contributed by atoms with E-state index >= 15 is 0 Å². The summed E-state index contributed by atoms with van der Waals surface area (Å²) in [5.41, 5.74) is 1.27. The van der Waals surface area contributed by atoms with Gasteiger partial charge in [-0.3, -0.25) is 4.79 Å². The van der Waals surface area contributed by atoms with Gasteiger partial charge in [0.05, 0.1) is 0 Å². The fourth-order valence-corrected chi connectivity index (χ4v) is 4.56. The third kappa shape index (κ3) is 4.47. The van der Waals surface area contributed by atoms with Gasteiger partial charge in [0.15, 0.2) is 5.11 Å². The van der Waals surface area contributed by atoms with Gasteiger partial charge in [0, 0.05) is 56.4 Å². The van der Waals surface area contributed by atoms with E-state index in [0.29, 0.717) is 19.0 Å². The molecule has 5 nitrogen and oxygen atoms in total. The van der Waals surface area contributed by atoms with Gasteiger partial charge in [-0.25, -0.2) is 0 Å². The van der Waals surface area contributed by atoms with Crippen LogP contribution < -0.4 is 10.2 Å². The Kier molecular flexibility index (Phi) is 5.70. The summed E-state index contributed by atoms with van der Waals surface area (Å²) in [6, 6.07) is 10.8. The summed E-state index contributed by atoms with van der Waals surface area (Å²) in [5, 5.41) is 4.16. The van der Waals surface area contributed by atoms with Crippen molar-refractivity contribution in [2.45, 2.75) is 45.2 Å². The molecule has 142 valence electrons. The monoisotopic (exact) mass is 374 g/mol. The molecule has 0 spiro atoms. The molecule has 1 atom stereocenters. The van der Waals surface area contributed by atoms with Crippen molar-refractivity contribution in [3.8, 4) is 0 Å². The first-order valence-corrected chi connectivity index (χ1v) is 9.93. The Hall–Kier alpha value is -1.82. The third-order valence-corrected chi connectivity index (χ3v) is 5.70. The summed E-state index contributed by atoms with van der Waals surface area (Å²) in [7, 11) is 0. The number of hydrogen-bond donors (Lipinski definition) is 1. The number of benzene rings is 1. The van der Waals surface area contributed by atoms with E-state index in [1.165, 1.54) is 5.69 Å². The van der Waals surface area contributed by atoms with Crippen LogP contribution in [0.4, 0.5) is 5.69 Å². The van der Waals surface area contributed by atoms with Crippen LogP contribution in [-0.4, -0.2) is 65.1 Å². The van der Waals surface area contributed by atoms with E-state index < -0.39 is 0 Å². The highest BCUT2D eigenvalue weighted by molar-refractivity contribution is 7.80. The highest BCUT2D eigenvalue weighted by Crippen LogP contribution is 2.22. The first-order valence-electron chi connectivity index (χ1n) is 9.52. The van der Waals surface area contributed by atoms with Crippen LogP contribution >= 0.6 is 12.2 Å². The standard InChI is InChI=1S/C20H30N4OS/c1-16-15-20(2,3)21-19(26)24(16)10-9-18(25)23-13-11-22(12-14-23)17-7-5-4-6-8-17/h4-8,16H,9-15H2,1-3H3,(H,21,26)/t16-/m0/s1. The summed E-state index contributed by atoms with van der Waals surface area (Å²) in [4.78, 5) is 19.1. The van der Waals surface area contributed by atoms with Crippen molar-refractivity contribution >= 4 is 28.9 Å². The van der Waals surface area contributed by atoms with Gasteiger partial charge in [-0.15, -0.1) is 0 Å². The molecule has 1 N–H and O–H groups in total. The lowest BCUT2D eigenvalue weighted by Crippen LogP contribution is -2.60. The summed E-state index contributed by atoms with van der Waals surface area (Å²) in [6.45, 7) is 10.6. The Morgan fingerprint density at radius 2 is 1.85 bits per heavy atom. The maximum atomic E-state index is 12.6. The van der Waals surface area contributed by atoms with Gasteiger partial charge >= 0.3 is 0 Å². The number of hydrogen-bond acceptors (Lipinski definition) is 3. The van der Waals surface area contributed by atoms with E-state index in [1.54, 1.807) is 0 Å². The molecular formula is C20H30N4OS. The Labute approximate surface area is 162 Å². The second kappa shape index (κ2) is 7.82. The van der Waals surface area contributed by atoms with Gasteiger partial charge in [-0.2, -0.15) is 0 Å². The van der Waals surface area contributed by atoms with Crippen LogP contribution in [0.5, 0.6) is 0 Å². The third-order valence-electron chi connectivity index (χ3n) is 5.36. The van der Waals surface area contributed by atoms with Crippen molar-refractivity contribution in [2.24, 2.45) is 0 Å². The molecule has 0 unspecified atom stereocenters. The summed E-state index contributed by atoms with van der Waals surface area (Å²) >= 11 is 5.51. The van der Waals surface area contributed by atoms with Crippen LogP contribution in [-0.2, 0) is 4.79 Å². The molecule has 0 aliphatic carbocycles. The molecule has 0 saturated carbocycles. The first-order chi connectivity index (χ1) is 12.4. The SMILES string of the molecule is C[C@H]1CC(C)(C)NC(=S)N1CCC(=O)N1CCN(c2ccccc2)CC1. The smallest absolute Gasteiger partial charge is 0.224 e. The lowest BCUT2D eigenvalue weighted by atomic mass is 9.93. The quantitative estimate of drug-likeness (QED) is 0.820. The predicted molar refractivity (Wildman–Crippen MR) is 110 cm³/mol. The maximum Gasteiger partial charge on any atom is 0.224 e. The zero-order valence-electron chi connectivity index (χ0n) is 16.1. The molecule has 1 aromatic rings. The zero-order valence-corrected chi connectivity index (χ0v) is 16.9. The number of thiocarbonyl (C=S) groups is 1. The molecule has 0 radical (unpaired) electrons. The summed E-state index contributed by atoms with van der Waals surface area (Å²) < 4.78 is 0. The topological polar surface area (TPSA) is 38.8 Å². The van der Waals surface area contributed by atoms with E-state index in [4.69, 9.17) is 12.2 Å². The molecule has 0 aromatic heterocycles. The number of anilines is 1. The summed E-state index contributed by atoms with van der Waals surface area (Å²) in [6.07, 6.45) is 1.55. The minimum atomic E-state index is 0.0325. The molecule has 26 heavy (non-hydrogen) atoms. The molecule has 0 bridgehead atoms. The highest BCUT2D eigenvalue weighted by Gasteiger charge is 2.33. The second-order valence-corrected chi connectivity index (χ2v) is 8.40. The van der Waals surface area contributed by atoms with Crippen LogP contribution in [0.3, 0.4) is 0 Å². The fourth-order valence-electron chi connectivity index (χ4n) is 4.01. The number of carbonyl (C=O) groups is 1. The van der Waals surface area contributed by atoms with Crippen LogP contribution in [0.25, 0.3) is 0 Å². The van der Waals surface area contributed by atoms with Gasteiger partial charge in [0.25, 0.3) is 0 Å². The molecule has 1 amide bonds. The first kappa shape index (κ1) is 19.0.